The van der Waals surface area contributed by atoms with Gasteiger partial charge in [-0.05, 0) is 27.9 Å². The van der Waals surface area contributed by atoms with E-state index in [1.807, 2.05) is 14.1 Å². The predicted octanol–water partition coefficient (Wildman–Crippen LogP) is 0.214. The van der Waals surface area contributed by atoms with Gasteiger partial charge < -0.3 is 10.2 Å². The Morgan fingerprint density at radius 1 is 1.54 bits per heavy atom. The second kappa shape index (κ2) is 4.83. The van der Waals surface area contributed by atoms with E-state index >= 15 is 0 Å². The molecule has 13 heavy (non-hydrogen) atoms. The highest BCUT2D eigenvalue weighted by molar-refractivity contribution is 5.77. The minimum absolute atomic E-state index is 0.0478. The van der Waals surface area contributed by atoms with Gasteiger partial charge in [-0.3, -0.25) is 4.79 Å². The zero-order valence-electron chi connectivity index (χ0n) is 8.72. The summed E-state index contributed by atoms with van der Waals surface area (Å²) in [6, 6.07) is 2.12. The first kappa shape index (κ1) is 11.9. The van der Waals surface area contributed by atoms with Crippen LogP contribution in [0.4, 0.5) is 0 Å². The van der Waals surface area contributed by atoms with Crippen LogP contribution in [-0.2, 0) is 4.79 Å². The lowest BCUT2D eigenvalue weighted by Crippen LogP contribution is -2.38. The van der Waals surface area contributed by atoms with Crippen LogP contribution in [0.1, 0.15) is 13.8 Å². The molecule has 0 aliphatic heterocycles. The topological polar surface area (TPSA) is 56.1 Å². The molecule has 0 heterocycles. The molecule has 1 amide bonds. The van der Waals surface area contributed by atoms with Crippen LogP contribution in [-0.4, -0.2) is 38.0 Å². The van der Waals surface area contributed by atoms with Crippen molar-refractivity contribution in [3.8, 4) is 6.07 Å². The maximum atomic E-state index is 11.2. The first-order chi connectivity index (χ1) is 5.87. The van der Waals surface area contributed by atoms with E-state index in [2.05, 4.69) is 11.4 Å². The number of rotatable bonds is 4. The van der Waals surface area contributed by atoms with Gasteiger partial charge in [-0.15, -0.1) is 0 Å². The van der Waals surface area contributed by atoms with Crippen molar-refractivity contribution in [1.82, 2.24) is 10.2 Å². The molecular formula is C9H17N3O. The molecule has 0 bridgehead atoms. The summed E-state index contributed by atoms with van der Waals surface area (Å²) in [5.74, 6) is -0.0478. The number of carbonyl (C=O) groups is 1. The number of nitrogens with one attached hydrogen (secondary N) is 1. The monoisotopic (exact) mass is 183 g/mol. The Morgan fingerprint density at radius 2 is 2.08 bits per heavy atom. The summed E-state index contributed by atoms with van der Waals surface area (Å²) in [4.78, 5) is 12.9. The summed E-state index contributed by atoms with van der Waals surface area (Å²) in [7, 11) is 3.66. The SMILES string of the molecule is CN(C)CC(=O)NCC(C)(C)C#N. The number of hydrogen-bond donors (Lipinski definition) is 1. The van der Waals surface area contributed by atoms with E-state index in [0.717, 1.165) is 0 Å². The van der Waals surface area contributed by atoms with Crippen LogP contribution in [0.3, 0.4) is 0 Å². The molecule has 1 N–H and O–H groups in total. The number of carbonyl (C=O) groups excluding carboxylic acids is 1. The molecule has 0 unspecified atom stereocenters. The maximum Gasteiger partial charge on any atom is 0.234 e. The number of hydrogen-bond acceptors (Lipinski definition) is 3. The normalized spacial score (nSPS) is 11.1. The Bertz CT molecular complexity index is 215. The quantitative estimate of drug-likeness (QED) is 0.678. The largest absolute Gasteiger partial charge is 0.353 e. The van der Waals surface area contributed by atoms with Crippen molar-refractivity contribution in [2.45, 2.75) is 13.8 Å². The van der Waals surface area contributed by atoms with E-state index in [0.29, 0.717) is 13.1 Å². The van der Waals surface area contributed by atoms with Gasteiger partial charge in [-0.1, -0.05) is 0 Å². The fourth-order valence-corrected chi connectivity index (χ4v) is 0.702. The Kier molecular flexibility index (Phi) is 4.43. The van der Waals surface area contributed by atoms with Crippen LogP contribution in [0.15, 0.2) is 0 Å². The zero-order valence-corrected chi connectivity index (χ0v) is 8.72. The lowest BCUT2D eigenvalue weighted by molar-refractivity contribution is -0.121. The third-order valence-corrected chi connectivity index (χ3v) is 1.49. The third-order valence-electron chi connectivity index (χ3n) is 1.49. The number of nitriles is 1. The van der Waals surface area contributed by atoms with Crippen LogP contribution in [0.2, 0.25) is 0 Å². The van der Waals surface area contributed by atoms with E-state index in [-0.39, 0.29) is 5.91 Å². The maximum absolute atomic E-state index is 11.2. The van der Waals surface area contributed by atoms with Crippen LogP contribution in [0.5, 0.6) is 0 Å². The fourth-order valence-electron chi connectivity index (χ4n) is 0.702. The second-order valence-corrected chi connectivity index (χ2v) is 4.01. The highest BCUT2D eigenvalue weighted by Gasteiger charge is 2.17. The van der Waals surface area contributed by atoms with E-state index < -0.39 is 5.41 Å². The first-order valence-corrected chi connectivity index (χ1v) is 4.20. The van der Waals surface area contributed by atoms with Gasteiger partial charge >= 0.3 is 0 Å². The molecule has 0 rings (SSSR count). The van der Waals surface area contributed by atoms with Gasteiger partial charge in [0.05, 0.1) is 18.0 Å². The lowest BCUT2D eigenvalue weighted by atomic mass is 9.96. The Balaban J connectivity index is 3.78. The molecule has 0 radical (unpaired) electrons. The Hall–Kier alpha value is -1.08. The van der Waals surface area contributed by atoms with E-state index in [9.17, 15) is 4.79 Å². The summed E-state index contributed by atoms with van der Waals surface area (Å²) in [6.07, 6.45) is 0. The summed E-state index contributed by atoms with van der Waals surface area (Å²) in [5, 5.41) is 11.4. The van der Waals surface area contributed by atoms with Gasteiger partial charge in [-0.25, -0.2) is 0 Å². The summed E-state index contributed by atoms with van der Waals surface area (Å²) < 4.78 is 0. The standard InChI is InChI=1S/C9H17N3O/c1-9(2,6-10)7-11-8(13)5-12(3)4/h5,7H2,1-4H3,(H,11,13). The molecule has 0 spiro atoms. The second-order valence-electron chi connectivity index (χ2n) is 4.01. The van der Waals surface area contributed by atoms with Crippen molar-refractivity contribution < 1.29 is 4.79 Å². The van der Waals surface area contributed by atoms with Crippen molar-refractivity contribution in [3.05, 3.63) is 0 Å². The molecule has 0 aliphatic carbocycles. The minimum Gasteiger partial charge on any atom is -0.353 e. The molecule has 4 nitrogen and oxygen atoms in total. The van der Waals surface area contributed by atoms with Gasteiger partial charge in [0.1, 0.15) is 0 Å². The third kappa shape index (κ3) is 6.12. The van der Waals surface area contributed by atoms with Crippen LogP contribution < -0.4 is 5.32 Å². The van der Waals surface area contributed by atoms with Crippen molar-refractivity contribution in [3.63, 3.8) is 0 Å². The van der Waals surface area contributed by atoms with Gasteiger partial charge in [0.25, 0.3) is 0 Å². The molecule has 0 aromatic heterocycles. The molecule has 0 saturated heterocycles. The Labute approximate surface area is 79.5 Å². The Morgan fingerprint density at radius 3 is 2.46 bits per heavy atom. The summed E-state index contributed by atoms with van der Waals surface area (Å²) in [5.41, 5.74) is -0.484. The smallest absolute Gasteiger partial charge is 0.234 e. The zero-order chi connectivity index (χ0) is 10.5. The van der Waals surface area contributed by atoms with Crippen molar-refractivity contribution in [2.75, 3.05) is 27.2 Å². The molecule has 0 aromatic carbocycles. The van der Waals surface area contributed by atoms with Gasteiger partial charge in [0.2, 0.25) is 5.91 Å². The van der Waals surface area contributed by atoms with E-state index in [1.54, 1.807) is 18.7 Å². The highest BCUT2D eigenvalue weighted by atomic mass is 16.2. The van der Waals surface area contributed by atoms with Crippen molar-refractivity contribution >= 4 is 5.91 Å². The van der Waals surface area contributed by atoms with E-state index in [4.69, 9.17) is 5.26 Å². The lowest BCUT2D eigenvalue weighted by Gasteiger charge is -2.17. The number of amides is 1. The molecule has 4 heteroatoms. The van der Waals surface area contributed by atoms with Crippen molar-refractivity contribution in [2.24, 2.45) is 5.41 Å². The highest BCUT2D eigenvalue weighted by Crippen LogP contribution is 2.10. The molecular weight excluding hydrogens is 166 g/mol. The van der Waals surface area contributed by atoms with Gasteiger partial charge in [0, 0.05) is 6.54 Å². The molecule has 0 aliphatic rings. The average molecular weight is 183 g/mol. The fraction of sp³-hybridized carbons (Fsp3) is 0.778. The number of likely N-dealkylation sites (N-methyl/N-ethyl adjacent to an activating group) is 1. The van der Waals surface area contributed by atoms with Crippen LogP contribution in [0.25, 0.3) is 0 Å². The molecule has 0 saturated carbocycles. The van der Waals surface area contributed by atoms with Gasteiger partial charge in [-0.2, -0.15) is 5.26 Å². The minimum atomic E-state index is -0.484. The van der Waals surface area contributed by atoms with Crippen LogP contribution in [0, 0.1) is 16.7 Å². The average Bonchev–Trinajstić information content (AvgIpc) is 2.00. The van der Waals surface area contributed by atoms with Crippen molar-refractivity contribution in [1.29, 1.82) is 5.26 Å². The van der Waals surface area contributed by atoms with E-state index in [1.165, 1.54) is 0 Å². The predicted molar refractivity (Wildman–Crippen MR) is 51.0 cm³/mol. The van der Waals surface area contributed by atoms with Crippen LogP contribution >= 0.6 is 0 Å². The first-order valence-electron chi connectivity index (χ1n) is 4.20. The molecule has 0 aromatic rings. The molecule has 0 fully saturated rings. The number of nitrogens with zero attached hydrogens (tertiary/aromatic N) is 2. The summed E-state index contributed by atoms with van der Waals surface area (Å²) in [6.45, 7) is 4.35. The van der Waals surface area contributed by atoms with Gasteiger partial charge in [0.15, 0.2) is 0 Å². The molecule has 0 atom stereocenters. The molecule has 74 valence electrons. The summed E-state index contributed by atoms with van der Waals surface area (Å²) >= 11 is 0.